The van der Waals surface area contributed by atoms with Crippen LogP contribution in [0.1, 0.15) is 17.5 Å². The molecule has 0 saturated heterocycles. The Labute approximate surface area is 105 Å². The Morgan fingerprint density at radius 3 is 3.06 bits per heavy atom. The molecule has 0 amide bonds. The second kappa shape index (κ2) is 5.10. The van der Waals surface area contributed by atoms with E-state index < -0.39 is 0 Å². The zero-order valence-corrected chi connectivity index (χ0v) is 9.80. The Bertz CT molecular complexity index is 598. The van der Waals surface area contributed by atoms with Crippen molar-refractivity contribution in [2.75, 3.05) is 5.73 Å². The first-order valence-corrected chi connectivity index (χ1v) is 5.51. The minimum atomic E-state index is 0.426. The molecule has 18 heavy (non-hydrogen) atoms. The van der Waals surface area contributed by atoms with Gasteiger partial charge in [-0.1, -0.05) is 0 Å². The second-order valence-corrected chi connectivity index (χ2v) is 3.79. The molecule has 0 spiro atoms. The number of H-pyrrole nitrogens is 1. The molecule has 2 rings (SSSR count). The van der Waals surface area contributed by atoms with E-state index in [-0.39, 0.29) is 0 Å². The van der Waals surface area contributed by atoms with Crippen molar-refractivity contribution in [2.45, 2.75) is 13.0 Å². The molecule has 6 heteroatoms. The third kappa shape index (κ3) is 2.20. The molecule has 2 heterocycles. The summed E-state index contributed by atoms with van der Waals surface area (Å²) in [6.45, 7) is 0.566. The molecule has 2 aromatic rings. The number of aryl methyl sites for hydroxylation is 1. The molecule has 0 radical (unpaired) electrons. The van der Waals surface area contributed by atoms with Gasteiger partial charge in [0, 0.05) is 35.3 Å². The largest absolute Gasteiger partial charge is 0.404 e. The molecule has 0 aromatic carbocycles. The fourth-order valence-corrected chi connectivity index (χ4v) is 1.75. The summed E-state index contributed by atoms with van der Waals surface area (Å²) in [6.07, 6.45) is 7.25. The van der Waals surface area contributed by atoms with Crippen LogP contribution in [0.2, 0.25) is 0 Å². The van der Waals surface area contributed by atoms with E-state index in [1.54, 1.807) is 17.1 Å². The molecule has 0 fully saturated rings. The lowest BCUT2D eigenvalue weighted by Crippen LogP contribution is -1.97. The number of aromatic nitrogens is 3. The monoisotopic (exact) mass is 242 g/mol. The van der Waals surface area contributed by atoms with E-state index >= 15 is 0 Å². The number of aromatic amines is 1. The molecule has 5 N–H and O–H groups in total. The van der Waals surface area contributed by atoms with Crippen LogP contribution in [0.5, 0.6) is 0 Å². The van der Waals surface area contributed by atoms with E-state index in [4.69, 9.17) is 16.7 Å². The second-order valence-electron chi connectivity index (χ2n) is 3.79. The van der Waals surface area contributed by atoms with E-state index in [0.29, 0.717) is 18.8 Å². The molecule has 0 aliphatic carbocycles. The number of hydrogen-bond donors (Lipinski definition) is 3. The summed E-state index contributed by atoms with van der Waals surface area (Å²) in [4.78, 5) is 2.91. The molecule has 0 unspecified atom stereocenters. The molecule has 6 nitrogen and oxygen atoms in total. The van der Waals surface area contributed by atoms with Crippen molar-refractivity contribution < 1.29 is 0 Å². The van der Waals surface area contributed by atoms with Gasteiger partial charge in [-0.3, -0.25) is 4.68 Å². The van der Waals surface area contributed by atoms with Gasteiger partial charge in [-0.05, 0) is 6.07 Å². The van der Waals surface area contributed by atoms with Crippen molar-refractivity contribution in [3.8, 4) is 6.07 Å². The highest BCUT2D eigenvalue weighted by molar-refractivity contribution is 5.83. The highest BCUT2D eigenvalue weighted by atomic mass is 15.3. The van der Waals surface area contributed by atoms with Gasteiger partial charge in [0.05, 0.1) is 25.2 Å². The number of anilines is 1. The van der Waals surface area contributed by atoms with Crippen molar-refractivity contribution in [2.24, 2.45) is 5.73 Å². The molecule has 0 atom stereocenters. The number of nitrogens with two attached hydrogens (primary N) is 2. The first kappa shape index (κ1) is 11.8. The third-order valence-corrected chi connectivity index (χ3v) is 2.63. The van der Waals surface area contributed by atoms with Gasteiger partial charge in [-0.2, -0.15) is 10.4 Å². The van der Waals surface area contributed by atoms with Gasteiger partial charge in [0.25, 0.3) is 0 Å². The highest BCUT2D eigenvalue weighted by Gasteiger charge is 2.10. The Hall–Kier alpha value is -2.68. The van der Waals surface area contributed by atoms with E-state index in [1.165, 1.54) is 6.20 Å². The van der Waals surface area contributed by atoms with Crippen LogP contribution >= 0.6 is 0 Å². The van der Waals surface area contributed by atoms with Crippen molar-refractivity contribution in [1.29, 1.82) is 5.26 Å². The van der Waals surface area contributed by atoms with Crippen molar-refractivity contribution in [3.63, 3.8) is 0 Å². The molecule has 0 saturated carbocycles. The minimum Gasteiger partial charge on any atom is -0.404 e. The Morgan fingerprint density at radius 1 is 1.61 bits per heavy atom. The third-order valence-electron chi connectivity index (χ3n) is 2.63. The van der Waals surface area contributed by atoms with Gasteiger partial charge in [0.15, 0.2) is 0 Å². The molecular weight excluding hydrogens is 228 g/mol. The predicted molar refractivity (Wildman–Crippen MR) is 68.9 cm³/mol. The SMILES string of the molecule is N#CCCn1cc(/C(=C/N)c2cc[nH]c2N)cn1. The van der Waals surface area contributed by atoms with Gasteiger partial charge in [0.2, 0.25) is 0 Å². The average Bonchev–Trinajstić information content (AvgIpc) is 2.99. The standard InChI is InChI=1S/C12H14N6/c13-3-1-5-18-8-9(7-17-18)11(6-14)10-2-4-16-12(10)15/h2,4,6-8,16H,1,5,14-15H2/b11-6-. The molecule has 2 aromatic heterocycles. The van der Waals surface area contributed by atoms with Crippen LogP contribution in [0.15, 0.2) is 30.9 Å². The van der Waals surface area contributed by atoms with Crippen LogP contribution in [0.25, 0.3) is 5.57 Å². The van der Waals surface area contributed by atoms with Gasteiger partial charge in [0.1, 0.15) is 5.82 Å². The van der Waals surface area contributed by atoms with Gasteiger partial charge < -0.3 is 16.5 Å². The van der Waals surface area contributed by atoms with Crippen LogP contribution in [0.3, 0.4) is 0 Å². The topological polar surface area (TPSA) is 109 Å². The number of hydrogen-bond acceptors (Lipinski definition) is 4. The summed E-state index contributed by atoms with van der Waals surface area (Å²) < 4.78 is 1.71. The highest BCUT2D eigenvalue weighted by Crippen LogP contribution is 2.26. The quantitative estimate of drug-likeness (QED) is 0.744. The molecule has 0 aliphatic heterocycles. The Morgan fingerprint density at radius 2 is 2.44 bits per heavy atom. The Balaban J connectivity index is 2.27. The van der Waals surface area contributed by atoms with Crippen LogP contribution in [-0.2, 0) is 6.54 Å². The van der Waals surface area contributed by atoms with Gasteiger partial charge >= 0.3 is 0 Å². The first-order chi connectivity index (χ1) is 8.76. The van der Waals surface area contributed by atoms with E-state index in [0.717, 1.165) is 16.7 Å². The maximum absolute atomic E-state index is 8.53. The van der Waals surface area contributed by atoms with E-state index in [2.05, 4.69) is 16.2 Å². The van der Waals surface area contributed by atoms with Crippen molar-refractivity contribution >= 4 is 11.4 Å². The Kier molecular flexibility index (Phi) is 3.34. The van der Waals surface area contributed by atoms with Gasteiger partial charge in [-0.25, -0.2) is 0 Å². The summed E-state index contributed by atoms with van der Waals surface area (Å²) >= 11 is 0. The summed E-state index contributed by atoms with van der Waals surface area (Å²) in [6, 6.07) is 3.94. The molecule has 0 bridgehead atoms. The molecule has 0 aliphatic rings. The molecular formula is C12H14N6. The number of rotatable bonds is 4. The maximum Gasteiger partial charge on any atom is 0.108 e. The van der Waals surface area contributed by atoms with Crippen molar-refractivity contribution in [1.82, 2.24) is 14.8 Å². The lowest BCUT2D eigenvalue weighted by Gasteiger charge is -2.03. The predicted octanol–water partition coefficient (Wildman–Crippen LogP) is 1.05. The average molecular weight is 242 g/mol. The minimum absolute atomic E-state index is 0.426. The summed E-state index contributed by atoms with van der Waals surface area (Å²) in [5.41, 5.74) is 14.0. The van der Waals surface area contributed by atoms with E-state index in [9.17, 15) is 0 Å². The maximum atomic E-state index is 8.53. The number of nitriles is 1. The van der Waals surface area contributed by atoms with Crippen LogP contribution in [-0.4, -0.2) is 14.8 Å². The van der Waals surface area contributed by atoms with E-state index in [1.807, 2.05) is 12.3 Å². The summed E-state index contributed by atoms with van der Waals surface area (Å²) in [5.74, 6) is 0.566. The number of nitrogens with one attached hydrogen (secondary N) is 1. The van der Waals surface area contributed by atoms with Crippen LogP contribution < -0.4 is 11.5 Å². The lowest BCUT2D eigenvalue weighted by atomic mass is 10.0. The van der Waals surface area contributed by atoms with Crippen LogP contribution in [0, 0.1) is 11.3 Å². The zero-order valence-electron chi connectivity index (χ0n) is 9.80. The van der Waals surface area contributed by atoms with Gasteiger partial charge in [-0.15, -0.1) is 0 Å². The smallest absolute Gasteiger partial charge is 0.108 e. The zero-order chi connectivity index (χ0) is 13.0. The van der Waals surface area contributed by atoms with Crippen LogP contribution in [0.4, 0.5) is 5.82 Å². The fraction of sp³-hybridized carbons (Fsp3) is 0.167. The summed E-state index contributed by atoms with van der Waals surface area (Å²) in [5, 5.41) is 12.7. The lowest BCUT2D eigenvalue weighted by molar-refractivity contribution is 0.627. The number of nitrogens with zero attached hydrogens (tertiary/aromatic N) is 3. The molecule has 92 valence electrons. The number of nitrogen functional groups attached to an aromatic ring is 1. The normalized spacial score (nSPS) is 11.4. The van der Waals surface area contributed by atoms with Crippen molar-refractivity contribution in [3.05, 3.63) is 42.0 Å². The fourth-order valence-electron chi connectivity index (χ4n) is 1.75. The summed E-state index contributed by atoms with van der Waals surface area (Å²) in [7, 11) is 0. The first-order valence-electron chi connectivity index (χ1n) is 5.51.